The summed E-state index contributed by atoms with van der Waals surface area (Å²) in [6, 6.07) is 9.13. The highest BCUT2D eigenvalue weighted by atomic mass is 79.9. The molecule has 20 heavy (non-hydrogen) atoms. The van der Waals surface area contributed by atoms with Crippen LogP contribution in [0.15, 0.2) is 38.6 Å². The first-order chi connectivity index (χ1) is 9.45. The van der Waals surface area contributed by atoms with Crippen LogP contribution in [0.3, 0.4) is 0 Å². The lowest BCUT2D eigenvalue weighted by Gasteiger charge is -2.10. The number of hydrogen-bond donors (Lipinski definition) is 1. The van der Waals surface area contributed by atoms with Crippen molar-refractivity contribution in [3.8, 4) is 5.75 Å². The monoisotopic (exact) mass is 417 g/mol. The van der Waals surface area contributed by atoms with Gasteiger partial charge in [-0.1, -0.05) is 0 Å². The van der Waals surface area contributed by atoms with Crippen molar-refractivity contribution in [3.63, 3.8) is 0 Å². The van der Waals surface area contributed by atoms with Crippen molar-refractivity contribution in [1.82, 2.24) is 0 Å². The van der Waals surface area contributed by atoms with Gasteiger partial charge in [0, 0.05) is 10.2 Å². The summed E-state index contributed by atoms with van der Waals surface area (Å²) < 4.78 is 7.34. The molecule has 1 heterocycles. The topological polar surface area (TPSA) is 38.3 Å². The maximum atomic E-state index is 12.1. The smallest absolute Gasteiger partial charge is 0.265 e. The molecular weight excluding hydrogens is 406 g/mol. The fourth-order valence-electron chi connectivity index (χ4n) is 1.54. The fourth-order valence-corrected chi connectivity index (χ4v) is 3.47. The minimum absolute atomic E-state index is 0.126. The highest BCUT2D eigenvalue weighted by Crippen LogP contribution is 2.32. The summed E-state index contributed by atoms with van der Waals surface area (Å²) in [6.07, 6.45) is 0.135. The van der Waals surface area contributed by atoms with Crippen LogP contribution in [0.5, 0.6) is 5.75 Å². The van der Waals surface area contributed by atoms with Gasteiger partial charge >= 0.3 is 0 Å². The maximum Gasteiger partial charge on any atom is 0.265 e. The molecular formula is C14H13Br2NO2S. The lowest BCUT2D eigenvalue weighted by atomic mass is 10.3. The number of amides is 1. The highest BCUT2D eigenvalue weighted by molar-refractivity contribution is 9.13. The minimum Gasteiger partial charge on any atom is -0.491 e. The van der Waals surface area contributed by atoms with Gasteiger partial charge in [0.1, 0.15) is 5.75 Å². The van der Waals surface area contributed by atoms with Crippen LogP contribution >= 0.6 is 43.2 Å². The molecule has 0 atom stereocenters. The molecule has 1 amide bonds. The number of nitrogens with one attached hydrogen (secondary N) is 1. The zero-order valence-corrected chi connectivity index (χ0v) is 14.9. The SMILES string of the molecule is CC(C)Oc1ccc(NC(=O)c2cc(Br)c(Br)s2)cc1. The number of anilines is 1. The zero-order valence-electron chi connectivity index (χ0n) is 10.9. The van der Waals surface area contributed by atoms with Gasteiger partial charge in [0.05, 0.1) is 14.8 Å². The Hall–Kier alpha value is -0.850. The van der Waals surface area contributed by atoms with Gasteiger partial charge in [0.15, 0.2) is 0 Å². The molecule has 0 aliphatic heterocycles. The first-order valence-corrected chi connectivity index (χ1v) is 8.39. The molecule has 0 aliphatic rings. The first-order valence-electron chi connectivity index (χ1n) is 5.98. The largest absolute Gasteiger partial charge is 0.491 e. The van der Waals surface area contributed by atoms with E-state index in [0.29, 0.717) is 4.88 Å². The second kappa shape index (κ2) is 6.74. The second-order valence-corrected chi connectivity index (χ2v) is 7.60. The summed E-state index contributed by atoms with van der Waals surface area (Å²) >= 11 is 8.13. The van der Waals surface area contributed by atoms with Gasteiger partial charge in [-0.3, -0.25) is 4.79 Å². The van der Waals surface area contributed by atoms with E-state index in [2.05, 4.69) is 37.2 Å². The number of carbonyl (C=O) groups is 1. The number of benzene rings is 1. The van der Waals surface area contributed by atoms with E-state index >= 15 is 0 Å². The summed E-state index contributed by atoms with van der Waals surface area (Å²) in [7, 11) is 0. The van der Waals surface area contributed by atoms with E-state index in [1.807, 2.05) is 38.1 Å². The second-order valence-electron chi connectivity index (χ2n) is 4.38. The van der Waals surface area contributed by atoms with Crippen LogP contribution in [0.1, 0.15) is 23.5 Å². The number of carbonyl (C=O) groups excluding carboxylic acids is 1. The van der Waals surface area contributed by atoms with E-state index < -0.39 is 0 Å². The molecule has 2 aromatic rings. The lowest BCUT2D eigenvalue weighted by Crippen LogP contribution is -2.10. The third kappa shape index (κ3) is 4.07. The van der Waals surface area contributed by atoms with Gasteiger partial charge < -0.3 is 10.1 Å². The number of ether oxygens (including phenoxy) is 1. The van der Waals surface area contributed by atoms with Crippen LogP contribution in [0.2, 0.25) is 0 Å². The molecule has 0 fully saturated rings. The molecule has 0 radical (unpaired) electrons. The molecule has 6 heteroatoms. The Bertz CT molecular complexity index is 589. The van der Waals surface area contributed by atoms with Gasteiger partial charge in [0.25, 0.3) is 5.91 Å². The molecule has 0 saturated carbocycles. The summed E-state index contributed by atoms with van der Waals surface area (Å²) in [5, 5.41) is 2.85. The summed E-state index contributed by atoms with van der Waals surface area (Å²) in [5.74, 6) is 0.665. The summed E-state index contributed by atoms with van der Waals surface area (Å²) in [4.78, 5) is 12.7. The average molecular weight is 419 g/mol. The van der Waals surface area contributed by atoms with Crippen molar-refractivity contribution in [2.24, 2.45) is 0 Å². The Morgan fingerprint density at radius 2 is 1.90 bits per heavy atom. The van der Waals surface area contributed by atoms with Gasteiger partial charge in [-0.25, -0.2) is 0 Å². The normalized spacial score (nSPS) is 10.7. The molecule has 1 N–H and O–H groups in total. The highest BCUT2D eigenvalue weighted by Gasteiger charge is 2.12. The molecule has 0 bridgehead atoms. The third-order valence-corrected chi connectivity index (χ3v) is 5.61. The number of halogens is 2. The van der Waals surface area contributed by atoms with Crippen LogP contribution in [0.4, 0.5) is 5.69 Å². The Balaban J connectivity index is 2.04. The minimum atomic E-state index is -0.126. The van der Waals surface area contributed by atoms with E-state index in [4.69, 9.17) is 4.74 Å². The molecule has 0 aliphatic carbocycles. The third-order valence-electron chi connectivity index (χ3n) is 2.35. The van der Waals surface area contributed by atoms with Crippen LogP contribution < -0.4 is 10.1 Å². The van der Waals surface area contributed by atoms with Crippen LogP contribution in [-0.4, -0.2) is 12.0 Å². The van der Waals surface area contributed by atoms with Gasteiger partial charge in [-0.15, -0.1) is 11.3 Å². The Morgan fingerprint density at radius 3 is 2.40 bits per heavy atom. The number of thiophene rings is 1. The molecule has 1 aromatic carbocycles. The van der Waals surface area contributed by atoms with Crippen molar-refractivity contribution < 1.29 is 9.53 Å². The van der Waals surface area contributed by atoms with E-state index in [1.165, 1.54) is 11.3 Å². The van der Waals surface area contributed by atoms with Gasteiger partial charge in [-0.05, 0) is 76.0 Å². The van der Waals surface area contributed by atoms with E-state index in [0.717, 1.165) is 19.7 Å². The number of rotatable bonds is 4. The van der Waals surface area contributed by atoms with Gasteiger partial charge in [0.2, 0.25) is 0 Å². The summed E-state index contributed by atoms with van der Waals surface area (Å²) in [5.41, 5.74) is 0.742. The quantitative estimate of drug-likeness (QED) is 0.730. The van der Waals surface area contributed by atoms with Gasteiger partial charge in [-0.2, -0.15) is 0 Å². The molecule has 0 unspecified atom stereocenters. The Labute approximate surface area is 138 Å². The first kappa shape index (κ1) is 15.5. The average Bonchev–Trinajstić information content (AvgIpc) is 2.71. The number of hydrogen-bond acceptors (Lipinski definition) is 3. The predicted molar refractivity (Wildman–Crippen MR) is 89.9 cm³/mol. The summed E-state index contributed by atoms with van der Waals surface area (Å²) in [6.45, 7) is 3.95. The van der Waals surface area contributed by atoms with Crippen molar-refractivity contribution >= 4 is 54.8 Å². The van der Waals surface area contributed by atoms with Crippen LogP contribution in [0, 0.1) is 0 Å². The van der Waals surface area contributed by atoms with Crippen molar-refractivity contribution in [3.05, 3.63) is 43.5 Å². The van der Waals surface area contributed by atoms with E-state index in [9.17, 15) is 4.79 Å². The van der Waals surface area contributed by atoms with Crippen LogP contribution in [0.25, 0.3) is 0 Å². The Morgan fingerprint density at radius 1 is 1.25 bits per heavy atom. The Kier molecular flexibility index (Phi) is 5.23. The predicted octanol–water partition coefficient (Wildman–Crippen LogP) is 5.31. The molecule has 0 spiro atoms. The van der Waals surface area contributed by atoms with Crippen molar-refractivity contribution in [2.75, 3.05) is 5.32 Å². The zero-order chi connectivity index (χ0) is 14.7. The van der Waals surface area contributed by atoms with E-state index in [-0.39, 0.29) is 12.0 Å². The van der Waals surface area contributed by atoms with Crippen molar-refractivity contribution in [2.45, 2.75) is 20.0 Å². The molecule has 2 rings (SSSR count). The molecule has 3 nitrogen and oxygen atoms in total. The van der Waals surface area contributed by atoms with Crippen molar-refractivity contribution in [1.29, 1.82) is 0 Å². The van der Waals surface area contributed by atoms with E-state index in [1.54, 1.807) is 6.07 Å². The molecule has 0 saturated heterocycles. The fraction of sp³-hybridized carbons (Fsp3) is 0.214. The lowest BCUT2D eigenvalue weighted by molar-refractivity contribution is 0.103. The van der Waals surface area contributed by atoms with Crippen LogP contribution in [-0.2, 0) is 0 Å². The maximum absolute atomic E-state index is 12.1. The standard InChI is InChI=1S/C14H13Br2NO2S/c1-8(2)19-10-5-3-9(4-6-10)17-14(18)12-7-11(15)13(16)20-12/h3-8H,1-2H3,(H,17,18). The molecule has 1 aromatic heterocycles. The molecule has 106 valence electrons.